The van der Waals surface area contributed by atoms with Gasteiger partial charge in [-0.2, -0.15) is 15.4 Å². The maximum atomic E-state index is 11.4. The normalized spacial score (nSPS) is 18.0. The van der Waals surface area contributed by atoms with Gasteiger partial charge in [-0.3, -0.25) is 0 Å². The first-order chi connectivity index (χ1) is 7.36. The zero-order valence-electron chi connectivity index (χ0n) is 7.41. The number of nitrogens with zero attached hydrogens (tertiary/aromatic N) is 4. The third-order valence-electron chi connectivity index (χ3n) is 2.09. The van der Waals surface area contributed by atoms with E-state index in [1.165, 1.54) is 0 Å². The molecule has 1 aromatic heterocycles. The van der Waals surface area contributed by atoms with Crippen LogP contribution in [0.3, 0.4) is 0 Å². The van der Waals surface area contributed by atoms with Crippen LogP contribution in [0.25, 0.3) is 11.3 Å². The number of hydrogen-bond donors (Lipinski definition) is 1. The molecule has 74 valence electrons. The van der Waals surface area contributed by atoms with Gasteiger partial charge >= 0.3 is 0 Å². The van der Waals surface area contributed by atoms with E-state index in [0.29, 0.717) is 16.3 Å². The first kappa shape index (κ1) is 8.42. The van der Waals surface area contributed by atoms with Crippen molar-refractivity contribution in [2.75, 3.05) is 0 Å². The molecule has 2 aromatic rings. The Kier molecular flexibility index (Phi) is 1.72. The van der Waals surface area contributed by atoms with E-state index >= 15 is 0 Å². The molecule has 1 aliphatic heterocycles. The van der Waals surface area contributed by atoms with Gasteiger partial charge in [0.2, 0.25) is 0 Å². The van der Waals surface area contributed by atoms with Crippen LogP contribution in [0.15, 0.2) is 38.9 Å². The van der Waals surface area contributed by atoms with E-state index in [2.05, 4.69) is 25.0 Å². The summed E-state index contributed by atoms with van der Waals surface area (Å²) in [7, 11) is -1.37. The predicted molar refractivity (Wildman–Crippen MR) is 52.7 cm³/mol. The van der Waals surface area contributed by atoms with Crippen LogP contribution in [0.2, 0.25) is 0 Å². The second kappa shape index (κ2) is 3.06. The third-order valence-corrected chi connectivity index (χ3v) is 3.03. The van der Waals surface area contributed by atoms with E-state index in [0.717, 1.165) is 5.56 Å². The van der Waals surface area contributed by atoms with Gasteiger partial charge in [0.1, 0.15) is 11.4 Å². The van der Waals surface area contributed by atoms with Gasteiger partial charge in [-0.1, -0.05) is 16.7 Å². The van der Waals surface area contributed by atoms with Crippen LogP contribution in [0, 0.1) is 0 Å². The standard InChI is InChI=1S/C8H5N5OS/c14-15-7-3-1-2-5(8(7)11-13-15)6-4-9-12-10-6/h1-4H,(H,9,10,12). The maximum Gasteiger partial charge on any atom is 0.194 e. The molecule has 0 aliphatic carbocycles. The van der Waals surface area contributed by atoms with Gasteiger partial charge in [-0.15, -0.1) is 5.11 Å². The summed E-state index contributed by atoms with van der Waals surface area (Å²) in [5.74, 6) is 0. The molecule has 1 N–H and O–H groups in total. The highest BCUT2D eigenvalue weighted by Gasteiger charge is 2.20. The highest BCUT2D eigenvalue weighted by molar-refractivity contribution is 7.84. The van der Waals surface area contributed by atoms with Crippen molar-refractivity contribution in [3.8, 4) is 11.3 Å². The fraction of sp³-hybridized carbons (Fsp3) is 0. The molecule has 1 aromatic carbocycles. The largest absolute Gasteiger partial charge is 0.228 e. The van der Waals surface area contributed by atoms with Gasteiger partial charge in [0.15, 0.2) is 11.0 Å². The monoisotopic (exact) mass is 219 g/mol. The molecule has 0 saturated carbocycles. The van der Waals surface area contributed by atoms with Crippen molar-refractivity contribution in [3.63, 3.8) is 0 Å². The number of aromatic amines is 1. The Morgan fingerprint density at radius 1 is 1.33 bits per heavy atom. The molecule has 0 spiro atoms. The molecule has 6 nitrogen and oxygen atoms in total. The van der Waals surface area contributed by atoms with E-state index in [1.54, 1.807) is 18.3 Å². The lowest BCUT2D eigenvalue weighted by atomic mass is 10.1. The van der Waals surface area contributed by atoms with Crippen molar-refractivity contribution >= 4 is 16.7 Å². The molecule has 1 unspecified atom stereocenters. The average Bonchev–Trinajstić information content (AvgIpc) is 2.88. The lowest BCUT2D eigenvalue weighted by Gasteiger charge is -1.99. The molecule has 0 bridgehead atoms. The third kappa shape index (κ3) is 1.20. The smallest absolute Gasteiger partial charge is 0.194 e. The summed E-state index contributed by atoms with van der Waals surface area (Å²) in [6.45, 7) is 0. The van der Waals surface area contributed by atoms with Gasteiger partial charge in [0.05, 0.1) is 11.1 Å². The molecule has 0 saturated heterocycles. The number of benzene rings is 1. The van der Waals surface area contributed by atoms with Crippen LogP contribution in [0.4, 0.5) is 5.69 Å². The fourth-order valence-corrected chi connectivity index (χ4v) is 2.18. The molecule has 1 atom stereocenters. The quantitative estimate of drug-likeness (QED) is 0.790. The van der Waals surface area contributed by atoms with Crippen LogP contribution < -0.4 is 0 Å². The van der Waals surface area contributed by atoms with Gasteiger partial charge in [0, 0.05) is 5.56 Å². The summed E-state index contributed by atoms with van der Waals surface area (Å²) >= 11 is 0. The Morgan fingerprint density at radius 2 is 2.27 bits per heavy atom. The van der Waals surface area contributed by atoms with E-state index < -0.39 is 11.0 Å². The molecule has 0 radical (unpaired) electrons. The minimum Gasteiger partial charge on any atom is -0.228 e. The molecular formula is C8H5N5OS. The van der Waals surface area contributed by atoms with Gasteiger partial charge in [0.25, 0.3) is 0 Å². The summed E-state index contributed by atoms with van der Waals surface area (Å²) in [5.41, 5.74) is 2.07. The number of fused-ring (bicyclic) bond motifs is 1. The topological polar surface area (TPSA) is 83.4 Å². The van der Waals surface area contributed by atoms with Crippen molar-refractivity contribution in [1.82, 2.24) is 15.4 Å². The minimum atomic E-state index is -1.37. The summed E-state index contributed by atoms with van der Waals surface area (Å²) in [5, 5.41) is 14.1. The SMILES string of the molecule is O=S1N=Nc2c(-c3cn[nH]n3)cccc21. The highest BCUT2D eigenvalue weighted by Crippen LogP contribution is 2.38. The molecule has 0 amide bonds. The van der Waals surface area contributed by atoms with Crippen LogP contribution in [0.1, 0.15) is 0 Å². The average molecular weight is 219 g/mol. The predicted octanol–water partition coefficient (Wildman–Crippen LogP) is 1.59. The molecule has 7 heteroatoms. The van der Waals surface area contributed by atoms with E-state index in [4.69, 9.17) is 0 Å². The number of aromatic nitrogens is 3. The van der Waals surface area contributed by atoms with Gasteiger partial charge in [-0.05, 0) is 6.07 Å². The van der Waals surface area contributed by atoms with Crippen molar-refractivity contribution in [3.05, 3.63) is 24.4 Å². The van der Waals surface area contributed by atoms with E-state index in [-0.39, 0.29) is 0 Å². The first-order valence-corrected chi connectivity index (χ1v) is 5.30. The minimum absolute atomic E-state index is 0.615. The number of rotatable bonds is 1. The molecule has 15 heavy (non-hydrogen) atoms. The zero-order valence-corrected chi connectivity index (χ0v) is 8.23. The Bertz CT molecular complexity index is 562. The summed E-state index contributed by atoms with van der Waals surface area (Å²) in [6.07, 6.45) is 1.59. The zero-order chi connectivity index (χ0) is 10.3. The Balaban J connectivity index is 2.27. The van der Waals surface area contributed by atoms with Gasteiger partial charge < -0.3 is 0 Å². The van der Waals surface area contributed by atoms with Crippen LogP contribution in [-0.4, -0.2) is 19.6 Å². The van der Waals surface area contributed by atoms with Crippen LogP contribution in [0.5, 0.6) is 0 Å². The lowest BCUT2D eigenvalue weighted by Crippen LogP contribution is -1.84. The van der Waals surface area contributed by atoms with Crippen LogP contribution in [-0.2, 0) is 11.0 Å². The Morgan fingerprint density at radius 3 is 3.07 bits per heavy atom. The molecule has 3 rings (SSSR count). The molecule has 2 heterocycles. The number of hydrogen-bond acceptors (Lipinski definition) is 4. The Hall–Kier alpha value is -1.89. The van der Waals surface area contributed by atoms with Crippen molar-refractivity contribution in [1.29, 1.82) is 0 Å². The molecule has 1 aliphatic rings. The van der Waals surface area contributed by atoms with Gasteiger partial charge in [-0.25, -0.2) is 4.21 Å². The molecule has 0 fully saturated rings. The summed E-state index contributed by atoms with van der Waals surface area (Å²) in [6, 6.07) is 5.39. The number of H-pyrrole nitrogens is 1. The number of nitrogens with one attached hydrogen (secondary N) is 1. The van der Waals surface area contributed by atoms with E-state index in [9.17, 15) is 4.21 Å². The second-order valence-electron chi connectivity index (χ2n) is 2.94. The molecular weight excluding hydrogens is 214 g/mol. The Labute approximate surface area is 87.0 Å². The summed E-state index contributed by atoms with van der Waals surface area (Å²) < 4.78 is 15.0. The second-order valence-corrected chi connectivity index (χ2v) is 4.04. The van der Waals surface area contributed by atoms with E-state index in [1.807, 2.05) is 6.07 Å². The van der Waals surface area contributed by atoms with Crippen molar-refractivity contribution in [2.24, 2.45) is 9.63 Å². The first-order valence-electron chi connectivity index (χ1n) is 4.19. The fourth-order valence-electron chi connectivity index (χ4n) is 1.43. The van der Waals surface area contributed by atoms with Crippen molar-refractivity contribution in [2.45, 2.75) is 4.90 Å². The van der Waals surface area contributed by atoms with Crippen molar-refractivity contribution < 1.29 is 4.21 Å². The highest BCUT2D eigenvalue weighted by atomic mass is 32.2. The van der Waals surface area contributed by atoms with Crippen LogP contribution >= 0.6 is 0 Å². The maximum absolute atomic E-state index is 11.4. The lowest BCUT2D eigenvalue weighted by molar-refractivity contribution is 0.685. The summed E-state index contributed by atoms with van der Waals surface area (Å²) in [4.78, 5) is 0.621.